The number of amides is 1. The first-order valence-electron chi connectivity index (χ1n) is 8.22. The molecule has 0 bridgehead atoms. The van der Waals surface area contributed by atoms with E-state index in [9.17, 15) is 9.59 Å². The van der Waals surface area contributed by atoms with Gasteiger partial charge in [-0.25, -0.2) is 4.79 Å². The van der Waals surface area contributed by atoms with Gasteiger partial charge in [-0.15, -0.1) is 0 Å². The molecule has 0 aliphatic rings. The predicted octanol–water partition coefficient (Wildman–Crippen LogP) is 4.11. The van der Waals surface area contributed by atoms with Crippen LogP contribution in [0, 0.1) is 0 Å². The monoisotopic (exact) mass is 349 g/mol. The van der Waals surface area contributed by atoms with Crippen molar-refractivity contribution in [2.24, 2.45) is 0 Å². The molecule has 0 spiro atoms. The molecule has 2 aromatic carbocycles. The normalized spacial score (nSPS) is 12.2. The Morgan fingerprint density at radius 2 is 1.85 bits per heavy atom. The zero-order valence-corrected chi connectivity index (χ0v) is 14.6. The van der Waals surface area contributed by atoms with Crippen molar-refractivity contribution in [3.63, 3.8) is 0 Å². The van der Waals surface area contributed by atoms with Crippen molar-refractivity contribution in [2.45, 2.75) is 13.0 Å². The van der Waals surface area contributed by atoms with Gasteiger partial charge >= 0.3 is 5.97 Å². The molecular weight excluding hydrogens is 330 g/mol. The SMILES string of the molecule is COC(=O)c1ccc(/C=C/C(=O)NC(C)c2cc3ccccc3o2)cc1. The van der Waals surface area contributed by atoms with Crippen LogP contribution in [0.3, 0.4) is 0 Å². The number of rotatable bonds is 5. The van der Waals surface area contributed by atoms with Crippen LogP contribution in [0.5, 0.6) is 0 Å². The molecule has 1 amide bonds. The topological polar surface area (TPSA) is 68.5 Å². The average molecular weight is 349 g/mol. The highest BCUT2D eigenvalue weighted by Gasteiger charge is 2.12. The van der Waals surface area contributed by atoms with E-state index in [0.29, 0.717) is 11.3 Å². The molecule has 3 rings (SSSR count). The summed E-state index contributed by atoms with van der Waals surface area (Å²) in [5, 5.41) is 3.88. The lowest BCUT2D eigenvalue weighted by Crippen LogP contribution is -2.24. The number of carbonyl (C=O) groups is 2. The Kier molecular flexibility index (Phi) is 5.17. The number of esters is 1. The number of hydrogen-bond acceptors (Lipinski definition) is 4. The highest BCUT2D eigenvalue weighted by atomic mass is 16.5. The van der Waals surface area contributed by atoms with E-state index in [-0.39, 0.29) is 11.9 Å². The number of para-hydroxylation sites is 1. The van der Waals surface area contributed by atoms with E-state index in [4.69, 9.17) is 4.42 Å². The largest absolute Gasteiger partial charge is 0.465 e. The summed E-state index contributed by atoms with van der Waals surface area (Å²) in [6, 6.07) is 16.2. The smallest absolute Gasteiger partial charge is 0.337 e. The second-order valence-electron chi connectivity index (χ2n) is 5.86. The molecule has 0 fully saturated rings. The van der Waals surface area contributed by atoms with E-state index in [2.05, 4.69) is 10.1 Å². The minimum atomic E-state index is -0.391. The number of hydrogen-bond donors (Lipinski definition) is 1. The Morgan fingerprint density at radius 3 is 2.54 bits per heavy atom. The molecule has 1 atom stereocenters. The minimum absolute atomic E-state index is 0.227. The molecule has 0 saturated heterocycles. The molecule has 0 aliphatic carbocycles. The highest BCUT2D eigenvalue weighted by molar-refractivity contribution is 5.92. The van der Waals surface area contributed by atoms with Gasteiger partial charge in [-0.1, -0.05) is 30.3 Å². The zero-order chi connectivity index (χ0) is 18.5. The number of benzene rings is 2. The minimum Gasteiger partial charge on any atom is -0.465 e. The molecule has 1 N–H and O–H groups in total. The van der Waals surface area contributed by atoms with E-state index in [1.165, 1.54) is 13.2 Å². The number of ether oxygens (including phenoxy) is 1. The summed E-state index contributed by atoms with van der Waals surface area (Å²) < 4.78 is 10.4. The maximum absolute atomic E-state index is 12.1. The van der Waals surface area contributed by atoms with Crippen LogP contribution in [0.15, 0.2) is 65.1 Å². The summed E-state index contributed by atoms with van der Waals surface area (Å²) in [6.45, 7) is 1.87. The Morgan fingerprint density at radius 1 is 1.12 bits per heavy atom. The van der Waals surface area contributed by atoms with Crippen LogP contribution in [0.25, 0.3) is 17.0 Å². The van der Waals surface area contributed by atoms with Gasteiger partial charge in [-0.05, 0) is 42.8 Å². The van der Waals surface area contributed by atoms with Crippen molar-refractivity contribution >= 4 is 28.9 Å². The molecule has 0 aliphatic heterocycles. The standard InChI is InChI=1S/C21H19NO4/c1-14(19-13-17-5-3-4-6-18(17)26-19)22-20(23)12-9-15-7-10-16(11-8-15)21(24)25-2/h3-14H,1-2H3,(H,22,23)/b12-9+. The molecule has 5 nitrogen and oxygen atoms in total. The van der Waals surface area contributed by atoms with Gasteiger partial charge in [0.2, 0.25) is 5.91 Å². The molecule has 3 aromatic rings. The second kappa shape index (κ2) is 7.70. The van der Waals surface area contributed by atoms with Gasteiger partial charge in [0, 0.05) is 11.5 Å². The summed E-state index contributed by atoms with van der Waals surface area (Å²) in [5.41, 5.74) is 2.07. The van der Waals surface area contributed by atoms with Crippen molar-refractivity contribution in [1.29, 1.82) is 0 Å². The molecule has 1 aromatic heterocycles. The van der Waals surface area contributed by atoms with Crippen LogP contribution < -0.4 is 5.32 Å². The van der Waals surface area contributed by atoms with E-state index in [0.717, 1.165) is 16.5 Å². The van der Waals surface area contributed by atoms with Crippen LogP contribution in [0.1, 0.15) is 34.6 Å². The zero-order valence-electron chi connectivity index (χ0n) is 14.6. The van der Waals surface area contributed by atoms with Crippen LogP contribution in [0.2, 0.25) is 0 Å². The maximum Gasteiger partial charge on any atom is 0.337 e. The van der Waals surface area contributed by atoms with Crippen LogP contribution in [-0.4, -0.2) is 19.0 Å². The lowest BCUT2D eigenvalue weighted by molar-refractivity contribution is -0.117. The molecule has 1 unspecified atom stereocenters. The van der Waals surface area contributed by atoms with Gasteiger partial charge in [0.1, 0.15) is 11.3 Å². The Labute approximate surface area is 151 Å². The fourth-order valence-corrected chi connectivity index (χ4v) is 2.57. The van der Waals surface area contributed by atoms with Crippen molar-refractivity contribution in [2.75, 3.05) is 7.11 Å². The third kappa shape index (κ3) is 4.00. The number of methoxy groups -OCH3 is 1. The van der Waals surface area contributed by atoms with Crippen LogP contribution in [0.4, 0.5) is 0 Å². The molecule has 132 valence electrons. The fourth-order valence-electron chi connectivity index (χ4n) is 2.57. The van der Waals surface area contributed by atoms with Gasteiger partial charge in [0.05, 0.1) is 18.7 Å². The van der Waals surface area contributed by atoms with Gasteiger partial charge in [-0.3, -0.25) is 4.79 Å². The van der Waals surface area contributed by atoms with E-state index in [1.54, 1.807) is 30.3 Å². The van der Waals surface area contributed by atoms with Gasteiger partial charge in [0.25, 0.3) is 0 Å². The molecule has 0 radical (unpaired) electrons. The fraction of sp³-hybridized carbons (Fsp3) is 0.143. The Balaban J connectivity index is 1.62. The quantitative estimate of drug-likeness (QED) is 0.556. The average Bonchev–Trinajstić information content (AvgIpc) is 3.10. The lowest BCUT2D eigenvalue weighted by Gasteiger charge is -2.09. The van der Waals surface area contributed by atoms with E-state index >= 15 is 0 Å². The van der Waals surface area contributed by atoms with Crippen molar-refractivity contribution in [3.05, 3.63) is 77.6 Å². The molecule has 0 saturated carbocycles. The second-order valence-corrected chi connectivity index (χ2v) is 5.86. The molecule has 1 heterocycles. The first kappa shape index (κ1) is 17.5. The third-order valence-corrected chi connectivity index (χ3v) is 3.99. The molecular formula is C21H19NO4. The predicted molar refractivity (Wildman–Crippen MR) is 99.6 cm³/mol. The van der Waals surface area contributed by atoms with E-state index in [1.807, 2.05) is 37.3 Å². The van der Waals surface area contributed by atoms with Crippen LogP contribution >= 0.6 is 0 Å². The Hall–Kier alpha value is -3.34. The number of nitrogens with one attached hydrogen (secondary N) is 1. The summed E-state index contributed by atoms with van der Waals surface area (Å²) in [7, 11) is 1.34. The maximum atomic E-state index is 12.1. The summed E-state index contributed by atoms with van der Waals surface area (Å²) in [5.74, 6) is 0.0864. The Bertz CT molecular complexity index is 921. The summed E-state index contributed by atoms with van der Waals surface area (Å²) in [6.07, 6.45) is 3.13. The van der Waals surface area contributed by atoms with Crippen LogP contribution in [-0.2, 0) is 9.53 Å². The van der Waals surface area contributed by atoms with Crippen molar-refractivity contribution < 1.29 is 18.7 Å². The molecule has 26 heavy (non-hydrogen) atoms. The highest BCUT2D eigenvalue weighted by Crippen LogP contribution is 2.23. The van der Waals surface area contributed by atoms with E-state index < -0.39 is 5.97 Å². The van der Waals surface area contributed by atoms with Gasteiger partial charge < -0.3 is 14.5 Å². The number of fused-ring (bicyclic) bond motifs is 1. The third-order valence-electron chi connectivity index (χ3n) is 3.99. The first-order chi connectivity index (χ1) is 12.6. The van der Waals surface area contributed by atoms with Crippen molar-refractivity contribution in [3.8, 4) is 0 Å². The lowest BCUT2D eigenvalue weighted by atomic mass is 10.1. The summed E-state index contributed by atoms with van der Waals surface area (Å²) >= 11 is 0. The van der Waals surface area contributed by atoms with Crippen molar-refractivity contribution in [1.82, 2.24) is 5.32 Å². The number of carbonyl (C=O) groups excluding carboxylic acids is 2. The first-order valence-corrected chi connectivity index (χ1v) is 8.22. The van der Waals surface area contributed by atoms with Gasteiger partial charge in [-0.2, -0.15) is 0 Å². The molecule has 5 heteroatoms. The van der Waals surface area contributed by atoms with Gasteiger partial charge in [0.15, 0.2) is 0 Å². The summed E-state index contributed by atoms with van der Waals surface area (Å²) in [4.78, 5) is 23.5. The number of furan rings is 1.